The van der Waals surface area contributed by atoms with Crippen LogP contribution in [0, 0.1) is 11.8 Å². The van der Waals surface area contributed by atoms with E-state index in [0.717, 1.165) is 18.4 Å². The van der Waals surface area contributed by atoms with Crippen molar-refractivity contribution in [3.05, 3.63) is 35.9 Å². The van der Waals surface area contributed by atoms with Crippen molar-refractivity contribution in [1.29, 1.82) is 0 Å². The zero-order valence-electron chi connectivity index (χ0n) is 10.9. The van der Waals surface area contributed by atoms with Crippen molar-refractivity contribution in [3.63, 3.8) is 0 Å². The van der Waals surface area contributed by atoms with Crippen molar-refractivity contribution in [3.8, 4) is 0 Å². The van der Waals surface area contributed by atoms with E-state index in [-0.39, 0.29) is 18.4 Å². The molecule has 2 bridgehead atoms. The molecule has 2 fully saturated rings. The Bertz CT molecular complexity index is 432. The van der Waals surface area contributed by atoms with Crippen molar-refractivity contribution in [1.82, 2.24) is 5.32 Å². The molecule has 0 spiro atoms. The first-order valence-electron chi connectivity index (χ1n) is 6.92. The van der Waals surface area contributed by atoms with Crippen LogP contribution < -0.4 is 5.32 Å². The molecule has 2 saturated carbocycles. The lowest BCUT2D eigenvalue weighted by Crippen LogP contribution is -2.55. The third kappa shape index (κ3) is 2.09. The van der Waals surface area contributed by atoms with Gasteiger partial charge in [-0.05, 0) is 30.2 Å². The summed E-state index contributed by atoms with van der Waals surface area (Å²) in [6.45, 7) is 0.763. The van der Waals surface area contributed by atoms with E-state index in [1.165, 1.54) is 0 Å². The highest BCUT2D eigenvalue weighted by Gasteiger charge is 2.60. The maximum Gasteiger partial charge on any atom is 0.0983 e. The van der Waals surface area contributed by atoms with E-state index in [1.54, 1.807) is 0 Å². The first-order chi connectivity index (χ1) is 9.16. The number of rotatable bonds is 4. The van der Waals surface area contributed by atoms with Gasteiger partial charge < -0.3 is 20.6 Å². The van der Waals surface area contributed by atoms with E-state index >= 15 is 0 Å². The van der Waals surface area contributed by atoms with E-state index in [4.69, 9.17) is 0 Å². The van der Waals surface area contributed by atoms with Crippen molar-refractivity contribution >= 4 is 0 Å². The third-order valence-corrected chi connectivity index (χ3v) is 4.88. The van der Waals surface area contributed by atoms with Crippen LogP contribution in [0.15, 0.2) is 30.3 Å². The van der Waals surface area contributed by atoms with Crippen LogP contribution >= 0.6 is 0 Å². The van der Waals surface area contributed by atoms with Gasteiger partial charge in [0.25, 0.3) is 0 Å². The van der Waals surface area contributed by atoms with Crippen LogP contribution in [0.2, 0.25) is 0 Å². The van der Waals surface area contributed by atoms with Gasteiger partial charge in [0.05, 0.1) is 12.2 Å². The molecule has 0 amide bonds. The molecule has 0 heterocycles. The summed E-state index contributed by atoms with van der Waals surface area (Å²) in [5, 5.41) is 33.1. The smallest absolute Gasteiger partial charge is 0.0983 e. The minimum atomic E-state index is -0.732. The van der Waals surface area contributed by atoms with Crippen LogP contribution in [0.3, 0.4) is 0 Å². The second-order valence-corrected chi connectivity index (χ2v) is 5.95. The molecule has 2 aliphatic carbocycles. The minimum absolute atomic E-state index is 0.0169. The summed E-state index contributed by atoms with van der Waals surface area (Å²) in [6, 6.07) is 10.0. The molecule has 1 aromatic rings. The molecular weight excluding hydrogens is 242 g/mol. The molecule has 1 aromatic carbocycles. The van der Waals surface area contributed by atoms with Crippen LogP contribution in [0.1, 0.15) is 18.4 Å². The molecule has 2 aliphatic rings. The number of nitrogens with one attached hydrogen (secondary N) is 1. The molecule has 3 rings (SSSR count). The molecule has 4 N–H and O–H groups in total. The Hall–Kier alpha value is -0.940. The summed E-state index contributed by atoms with van der Waals surface area (Å²) in [5.74, 6) is 0.116. The Kier molecular flexibility index (Phi) is 3.35. The first kappa shape index (κ1) is 13.1. The Balaban J connectivity index is 1.72. The molecule has 0 saturated heterocycles. The highest BCUT2D eigenvalue weighted by atomic mass is 16.3. The highest BCUT2D eigenvalue weighted by molar-refractivity contribution is 5.19. The predicted molar refractivity (Wildman–Crippen MR) is 71.3 cm³/mol. The van der Waals surface area contributed by atoms with Gasteiger partial charge in [0, 0.05) is 18.7 Å². The number of benzene rings is 1. The first-order valence-corrected chi connectivity index (χ1v) is 6.92. The van der Waals surface area contributed by atoms with Crippen molar-refractivity contribution in [2.75, 3.05) is 6.61 Å². The van der Waals surface area contributed by atoms with Crippen LogP contribution in [0.25, 0.3) is 0 Å². The quantitative estimate of drug-likeness (QED) is 0.629. The zero-order valence-corrected chi connectivity index (χ0v) is 10.9. The molecule has 0 aromatic heterocycles. The fourth-order valence-electron chi connectivity index (χ4n) is 3.81. The van der Waals surface area contributed by atoms with E-state index < -0.39 is 17.7 Å². The maximum absolute atomic E-state index is 10.2. The molecule has 0 unspecified atom stereocenters. The van der Waals surface area contributed by atoms with Gasteiger partial charge in [0.1, 0.15) is 0 Å². The average Bonchev–Trinajstić information content (AvgIpc) is 2.94. The molecule has 4 nitrogen and oxygen atoms in total. The lowest BCUT2D eigenvalue weighted by Gasteiger charge is -2.37. The van der Waals surface area contributed by atoms with Gasteiger partial charge in [-0.15, -0.1) is 0 Å². The number of hydrogen-bond acceptors (Lipinski definition) is 4. The van der Waals surface area contributed by atoms with Gasteiger partial charge in [-0.1, -0.05) is 30.3 Å². The van der Waals surface area contributed by atoms with Crippen LogP contribution in [0.5, 0.6) is 0 Å². The summed E-state index contributed by atoms with van der Waals surface area (Å²) in [7, 11) is 0. The Morgan fingerprint density at radius 1 is 1.16 bits per heavy atom. The molecule has 104 valence electrons. The topological polar surface area (TPSA) is 72.7 Å². The van der Waals surface area contributed by atoms with Gasteiger partial charge in [-0.25, -0.2) is 0 Å². The van der Waals surface area contributed by atoms with Crippen molar-refractivity contribution in [2.24, 2.45) is 11.8 Å². The largest absolute Gasteiger partial charge is 0.396 e. The fraction of sp³-hybridized carbons (Fsp3) is 0.600. The summed E-state index contributed by atoms with van der Waals surface area (Å²) in [4.78, 5) is 0. The molecule has 0 aliphatic heterocycles. The maximum atomic E-state index is 10.2. The SMILES string of the molecule is OC[C@@H]1C[C@@]2(NCc3ccccc3)C[C@H]1[C@@H](O)[C@H]2O. The van der Waals surface area contributed by atoms with E-state index in [0.29, 0.717) is 6.54 Å². The normalized spacial score (nSPS) is 40.8. The zero-order chi connectivity index (χ0) is 13.5. The van der Waals surface area contributed by atoms with E-state index in [9.17, 15) is 15.3 Å². The summed E-state index contributed by atoms with van der Waals surface area (Å²) in [6.07, 6.45) is 0.0327. The van der Waals surface area contributed by atoms with E-state index in [1.807, 2.05) is 30.3 Å². The molecule has 4 heteroatoms. The second kappa shape index (κ2) is 4.87. The lowest BCUT2D eigenvalue weighted by atomic mass is 9.82. The predicted octanol–water partition coefficient (Wildman–Crippen LogP) is 0.269. The van der Waals surface area contributed by atoms with Crippen molar-refractivity contribution < 1.29 is 15.3 Å². The highest BCUT2D eigenvalue weighted by Crippen LogP contribution is 2.51. The molecular formula is C15H21NO3. The minimum Gasteiger partial charge on any atom is -0.396 e. The van der Waals surface area contributed by atoms with Gasteiger partial charge in [-0.3, -0.25) is 0 Å². The average molecular weight is 263 g/mol. The third-order valence-electron chi connectivity index (χ3n) is 4.88. The fourth-order valence-corrected chi connectivity index (χ4v) is 3.81. The van der Waals surface area contributed by atoms with Gasteiger partial charge in [-0.2, -0.15) is 0 Å². The second-order valence-electron chi connectivity index (χ2n) is 5.95. The molecule has 19 heavy (non-hydrogen) atoms. The Labute approximate surface area is 113 Å². The summed E-state index contributed by atoms with van der Waals surface area (Å²) < 4.78 is 0. The summed E-state index contributed by atoms with van der Waals surface area (Å²) in [5.41, 5.74) is 0.724. The molecule has 5 atom stereocenters. The lowest BCUT2D eigenvalue weighted by molar-refractivity contribution is -0.0581. The van der Waals surface area contributed by atoms with Crippen LogP contribution in [-0.2, 0) is 6.54 Å². The summed E-state index contributed by atoms with van der Waals surface area (Å²) >= 11 is 0. The van der Waals surface area contributed by atoms with Gasteiger partial charge >= 0.3 is 0 Å². The number of fused-ring (bicyclic) bond motifs is 2. The van der Waals surface area contributed by atoms with Crippen molar-refractivity contribution in [2.45, 2.75) is 37.1 Å². The van der Waals surface area contributed by atoms with Crippen LogP contribution in [-0.4, -0.2) is 39.7 Å². The number of aliphatic hydroxyl groups excluding tert-OH is 3. The number of aliphatic hydroxyl groups is 3. The Morgan fingerprint density at radius 2 is 1.89 bits per heavy atom. The Morgan fingerprint density at radius 3 is 2.58 bits per heavy atom. The molecule has 0 radical (unpaired) electrons. The monoisotopic (exact) mass is 263 g/mol. The van der Waals surface area contributed by atoms with Gasteiger partial charge in [0.15, 0.2) is 0 Å². The van der Waals surface area contributed by atoms with Crippen LogP contribution in [0.4, 0.5) is 0 Å². The van der Waals surface area contributed by atoms with Gasteiger partial charge in [0.2, 0.25) is 0 Å². The standard InChI is InChI=1S/C15H21NO3/c17-9-11-6-15(7-12(11)13(18)14(15)19)16-8-10-4-2-1-3-5-10/h1-5,11-14,16-19H,6-9H2/t11-,12+,13+,14+,15+/m0/s1. The van der Waals surface area contributed by atoms with E-state index in [2.05, 4.69) is 5.32 Å². The number of hydrogen-bond donors (Lipinski definition) is 4.